The third kappa shape index (κ3) is 4.54. The lowest BCUT2D eigenvalue weighted by Gasteiger charge is -2.38. The van der Waals surface area contributed by atoms with Crippen molar-refractivity contribution < 1.29 is 19.1 Å². The van der Waals surface area contributed by atoms with Crippen LogP contribution in [-0.2, 0) is 9.53 Å². The first-order valence-corrected chi connectivity index (χ1v) is 9.92. The summed E-state index contributed by atoms with van der Waals surface area (Å²) in [6, 6.07) is 7.46. The number of hydrogen-bond acceptors (Lipinski definition) is 4. The zero-order valence-electron chi connectivity index (χ0n) is 16.4. The topological polar surface area (TPSA) is 59.1 Å². The molecule has 6 nitrogen and oxygen atoms in total. The molecular weight excluding hydrogens is 344 g/mol. The molecule has 148 valence electrons. The van der Waals surface area contributed by atoms with Crippen molar-refractivity contribution in [1.29, 1.82) is 0 Å². The molecule has 1 saturated carbocycles. The van der Waals surface area contributed by atoms with Crippen LogP contribution >= 0.6 is 0 Å². The average Bonchev–Trinajstić information content (AvgIpc) is 3.22. The summed E-state index contributed by atoms with van der Waals surface area (Å²) in [5, 5.41) is 0. The number of para-hydroxylation sites is 2. The van der Waals surface area contributed by atoms with Crippen molar-refractivity contribution in [2.24, 2.45) is 5.92 Å². The van der Waals surface area contributed by atoms with Crippen LogP contribution < -0.4 is 9.64 Å². The number of hydrogen-bond donors (Lipinski definition) is 0. The average molecular weight is 374 g/mol. The Bertz CT molecular complexity index is 649. The lowest BCUT2D eigenvalue weighted by atomic mass is 9.99. The first-order valence-electron chi connectivity index (χ1n) is 9.92. The van der Waals surface area contributed by atoms with Gasteiger partial charge in [-0.15, -0.1) is 0 Å². The van der Waals surface area contributed by atoms with Crippen molar-refractivity contribution >= 4 is 17.7 Å². The Kier molecular flexibility index (Phi) is 6.58. The number of piperidine rings is 1. The highest BCUT2D eigenvalue weighted by atomic mass is 16.5. The molecule has 0 atom stereocenters. The van der Waals surface area contributed by atoms with Crippen molar-refractivity contribution in [3.8, 4) is 5.75 Å². The van der Waals surface area contributed by atoms with Gasteiger partial charge in [0.2, 0.25) is 5.91 Å². The molecule has 2 aliphatic rings. The summed E-state index contributed by atoms with van der Waals surface area (Å²) in [6.07, 6.45) is 6.65. The lowest BCUT2D eigenvalue weighted by molar-refractivity contribution is -0.133. The molecule has 1 saturated heterocycles. The number of anilines is 1. The van der Waals surface area contributed by atoms with E-state index in [1.165, 1.54) is 32.8 Å². The van der Waals surface area contributed by atoms with Crippen LogP contribution in [0.1, 0.15) is 44.9 Å². The van der Waals surface area contributed by atoms with Crippen molar-refractivity contribution in [2.45, 2.75) is 51.0 Å². The fraction of sp³-hybridized carbons (Fsp3) is 0.619. The molecule has 1 aliphatic heterocycles. The predicted octanol–water partition coefficient (Wildman–Crippen LogP) is 3.84. The van der Waals surface area contributed by atoms with Crippen LogP contribution in [-0.4, -0.2) is 50.3 Å². The highest BCUT2D eigenvalue weighted by Gasteiger charge is 2.33. The monoisotopic (exact) mass is 374 g/mol. The van der Waals surface area contributed by atoms with Gasteiger partial charge in [-0.3, -0.25) is 9.69 Å². The molecule has 0 radical (unpaired) electrons. The second-order valence-corrected chi connectivity index (χ2v) is 7.48. The van der Waals surface area contributed by atoms with Gasteiger partial charge in [-0.05, 0) is 43.7 Å². The molecule has 0 aromatic heterocycles. The minimum absolute atomic E-state index is 0.00993. The van der Waals surface area contributed by atoms with Crippen LogP contribution in [0.2, 0.25) is 0 Å². The van der Waals surface area contributed by atoms with E-state index in [9.17, 15) is 9.59 Å². The summed E-state index contributed by atoms with van der Waals surface area (Å²) in [5.74, 6) is 1.47. The summed E-state index contributed by atoms with van der Waals surface area (Å²) < 4.78 is 10.5. The molecule has 6 heteroatoms. The van der Waals surface area contributed by atoms with E-state index in [4.69, 9.17) is 9.47 Å². The second-order valence-electron chi connectivity index (χ2n) is 7.48. The fourth-order valence-corrected chi connectivity index (χ4v) is 4.34. The van der Waals surface area contributed by atoms with E-state index < -0.39 is 6.09 Å². The summed E-state index contributed by atoms with van der Waals surface area (Å²) in [7, 11) is 2.99. The third-order valence-electron chi connectivity index (χ3n) is 5.84. The molecular formula is C21H30N2O4. The number of likely N-dealkylation sites (tertiary alicyclic amines) is 1. The number of rotatable bonds is 5. The van der Waals surface area contributed by atoms with Crippen LogP contribution in [0.3, 0.4) is 0 Å². The van der Waals surface area contributed by atoms with Crippen LogP contribution in [0.25, 0.3) is 0 Å². The number of carbonyl (C=O) groups excluding carboxylic acids is 2. The van der Waals surface area contributed by atoms with Crippen molar-refractivity contribution in [2.75, 3.05) is 32.2 Å². The van der Waals surface area contributed by atoms with Gasteiger partial charge in [0.25, 0.3) is 0 Å². The summed E-state index contributed by atoms with van der Waals surface area (Å²) in [5.41, 5.74) is 0.711. The molecule has 1 heterocycles. The van der Waals surface area contributed by atoms with Crippen LogP contribution in [0.15, 0.2) is 24.3 Å². The molecule has 27 heavy (non-hydrogen) atoms. The van der Waals surface area contributed by atoms with Gasteiger partial charge in [-0.25, -0.2) is 4.79 Å². The molecule has 3 rings (SSSR count). The Morgan fingerprint density at radius 2 is 1.74 bits per heavy atom. The second kappa shape index (κ2) is 9.11. The van der Waals surface area contributed by atoms with Gasteiger partial charge in [-0.2, -0.15) is 0 Å². The first kappa shape index (κ1) is 19.5. The number of carbonyl (C=O) groups is 2. The standard InChI is InChI=1S/C21H30N2O4/c1-26-19-10-6-5-9-18(19)23(21(25)27-2)17-11-13-22(14-12-17)20(24)15-16-7-3-4-8-16/h5-6,9-10,16-17H,3-4,7-8,11-15H2,1-2H3. The van der Waals surface area contributed by atoms with E-state index >= 15 is 0 Å². The normalized spacial score (nSPS) is 18.4. The van der Waals surface area contributed by atoms with E-state index in [2.05, 4.69) is 0 Å². The molecule has 2 fully saturated rings. The van der Waals surface area contributed by atoms with E-state index in [1.807, 2.05) is 29.2 Å². The maximum absolute atomic E-state index is 12.6. The van der Waals surface area contributed by atoms with Crippen LogP contribution in [0.5, 0.6) is 5.75 Å². The number of benzene rings is 1. The number of amides is 2. The van der Waals surface area contributed by atoms with E-state index in [0.29, 0.717) is 36.9 Å². The Morgan fingerprint density at radius 3 is 2.37 bits per heavy atom. The highest BCUT2D eigenvalue weighted by molar-refractivity contribution is 5.90. The maximum atomic E-state index is 12.6. The summed E-state index contributed by atoms with van der Waals surface area (Å²) in [4.78, 5) is 28.7. The number of ether oxygens (including phenoxy) is 2. The third-order valence-corrected chi connectivity index (χ3v) is 5.84. The zero-order chi connectivity index (χ0) is 19.2. The summed E-state index contributed by atoms with van der Waals surface area (Å²) in [6.45, 7) is 1.36. The van der Waals surface area contributed by atoms with Crippen molar-refractivity contribution in [3.05, 3.63) is 24.3 Å². The van der Waals surface area contributed by atoms with E-state index in [1.54, 1.807) is 12.0 Å². The molecule has 0 N–H and O–H groups in total. The SMILES string of the molecule is COC(=O)N(c1ccccc1OC)C1CCN(C(=O)CC2CCCC2)CC1. The quantitative estimate of drug-likeness (QED) is 0.786. The maximum Gasteiger partial charge on any atom is 0.414 e. The minimum atomic E-state index is -0.393. The van der Waals surface area contributed by atoms with Gasteiger partial charge in [-0.1, -0.05) is 25.0 Å². The van der Waals surface area contributed by atoms with E-state index in [0.717, 1.165) is 12.8 Å². The van der Waals surface area contributed by atoms with Crippen molar-refractivity contribution in [1.82, 2.24) is 4.90 Å². The number of nitrogens with zero attached hydrogens (tertiary/aromatic N) is 2. The minimum Gasteiger partial charge on any atom is -0.495 e. The Labute approximate surface area is 161 Å². The van der Waals surface area contributed by atoms with E-state index in [-0.39, 0.29) is 11.9 Å². The largest absolute Gasteiger partial charge is 0.495 e. The lowest BCUT2D eigenvalue weighted by Crippen LogP contribution is -2.49. The molecule has 1 aliphatic carbocycles. The zero-order valence-corrected chi connectivity index (χ0v) is 16.4. The molecule has 2 amide bonds. The van der Waals surface area contributed by atoms with Gasteiger partial charge in [0.05, 0.1) is 19.9 Å². The van der Waals surface area contributed by atoms with Crippen molar-refractivity contribution in [3.63, 3.8) is 0 Å². The Hall–Kier alpha value is -2.24. The molecule has 0 spiro atoms. The Balaban J connectivity index is 1.66. The van der Waals surface area contributed by atoms with Gasteiger partial charge < -0.3 is 14.4 Å². The predicted molar refractivity (Wildman–Crippen MR) is 104 cm³/mol. The molecule has 0 bridgehead atoms. The first-order chi connectivity index (χ1) is 13.1. The summed E-state index contributed by atoms with van der Waals surface area (Å²) >= 11 is 0. The van der Waals surface area contributed by atoms with Gasteiger partial charge in [0.15, 0.2) is 0 Å². The smallest absolute Gasteiger partial charge is 0.414 e. The fourth-order valence-electron chi connectivity index (χ4n) is 4.34. The molecule has 1 aromatic carbocycles. The van der Waals surface area contributed by atoms with Gasteiger partial charge in [0, 0.05) is 25.6 Å². The van der Waals surface area contributed by atoms with Gasteiger partial charge in [0.1, 0.15) is 5.75 Å². The van der Waals surface area contributed by atoms with Gasteiger partial charge >= 0.3 is 6.09 Å². The van der Waals surface area contributed by atoms with Crippen LogP contribution in [0, 0.1) is 5.92 Å². The highest BCUT2D eigenvalue weighted by Crippen LogP contribution is 2.33. The molecule has 1 aromatic rings. The Morgan fingerprint density at radius 1 is 1.07 bits per heavy atom. The number of methoxy groups -OCH3 is 2. The molecule has 0 unspecified atom stereocenters. The van der Waals surface area contributed by atoms with Crippen LogP contribution in [0.4, 0.5) is 10.5 Å².